The minimum Gasteiger partial charge on any atom is -0.504 e. The minimum absolute atomic E-state index is 0.293. The number of ether oxygens (including phenoxy) is 2. The molecule has 0 fully saturated rings. The summed E-state index contributed by atoms with van der Waals surface area (Å²) in [6.07, 6.45) is 13.6. The zero-order valence-electron chi connectivity index (χ0n) is 22.4. The van der Waals surface area contributed by atoms with Gasteiger partial charge >= 0.3 is 11.9 Å². The zero-order chi connectivity index (χ0) is 27.3. The number of hydrogen-bond acceptors (Lipinski definition) is 7. The molecule has 2 rings (SSSR count). The third-order valence-electron chi connectivity index (χ3n) is 5.82. The lowest BCUT2D eigenvalue weighted by Crippen LogP contribution is -2.15. The maximum Gasteiger partial charge on any atom is 0.339 e. The Morgan fingerprint density at radius 2 is 0.946 bits per heavy atom. The van der Waals surface area contributed by atoms with Crippen molar-refractivity contribution < 1.29 is 34.4 Å². The summed E-state index contributed by atoms with van der Waals surface area (Å²) in [4.78, 5) is 24.7. The number of phenols is 3. The first-order valence-corrected chi connectivity index (χ1v) is 13.6. The van der Waals surface area contributed by atoms with E-state index >= 15 is 0 Å². The lowest BCUT2D eigenvalue weighted by Gasteiger charge is -2.10. The standard InChI is InChI=1S/C24H38O4.C6H6O3/c1-3-5-7-9-11-15-19-27-23(25)21-17-13-14-18-22(21)24(26)28-20-16-12-10-8-6-4-2;7-4-2-1-3-5(8)6(4)9/h13-14,17-18H,3-12,15-16,19-20H2,1-2H3;1-3,7-9H. The molecule has 0 aliphatic carbocycles. The van der Waals surface area contributed by atoms with Crippen LogP contribution in [0.2, 0.25) is 0 Å². The molecular weight excluding hydrogens is 472 g/mol. The predicted molar refractivity (Wildman–Crippen MR) is 145 cm³/mol. The predicted octanol–water partition coefficient (Wildman–Crippen LogP) is 7.52. The largest absolute Gasteiger partial charge is 0.504 e. The molecule has 0 unspecified atom stereocenters. The summed E-state index contributed by atoms with van der Waals surface area (Å²) >= 11 is 0. The normalized spacial score (nSPS) is 10.3. The number of carbonyl (C=O) groups is 2. The van der Waals surface area contributed by atoms with E-state index in [1.165, 1.54) is 69.6 Å². The fourth-order valence-corrected chi connectivity index (χ4v) is 3.61. The summed E-state index contributed by atoms with van der Waals surface area (Å²) < 4.78 is 10.7. The molecule has 3 N–H and O–H groups in total. The molecule has 7 nitrogen and oxygen atoms in total. The Kier molecular flexibility index (Phi) is 17.1. The first kappa shape index (κ1) is 31.8. The van der Waals surface area contributed by atoms with Crippen LogP contribution in [0.3, 0.4) is 0 Å². The van der Waals surface area contributed by atoms with Crippen molar-refractivity contribution in [3.05, 3.63) is 53.6 Å². The van der Waals surface area contributed by atoms with Crippen LogP contribution in [0.25, 0.3) is 0 Å². The smallest absolute Gasteiger partial charge is 0.339 e. The molecular formula is C30H44O7. The van der Waals surface area contributed by atoms with Crippen molar-refractivity contribution in [2.24, 2.45) is 0 Å². The van der Waals surface area contributed by atoms with Gasteiger partial charge in [0, 0.05) is 0 Å². The van der Waals surface area contributed by atoms with Crippen molar-refractivity contribution in [3.63, 3.8) is 0 Å². The summed E-state index contributed by atoms with van der Waals surface area (Å²) in [5.41, 5.74) is 0.586. The first-order valence-electron chi connectivity index (χ1n) is 13.6. The second-order valence-electron chi connectivity index (χ2n) is 9.00. The topological polar surface area (TPSA) is 113 Å². The van der Waals surface area contributed by atoms with E-state index in [-0.39, 0.29) is 11.5 Å². The number of esters is 2. The molecule has 0 bridgehead atoms. The number of rotatable bonds is 16. The number of benzene rings is 2. The third kappa shape index (κ3) is 13.6. The highest BCUT2D eigenvalue weighted by Gasteiger charge is 2.18. The Bertz CT molecular complexity index is 841. The molecule has 37 heavy (non-hydrogen) atoms. The average Bonchev–Trinajstić information content (AvgIpc) is 2.90. The third-order valence-corrected chi connectivity index (χ3v) is 5.82. The van der Waals surface area contributed by atoms with Crippen LogP contribution in [0, 0.1) is 0 Å². The molecule has 0 spiro atoms. The van der Waals surface area contributed by atoms with E-state index in [1.54, 1.807) is 24.3 Å². The summed E-state index contributed by atoms with van der Waals surface area (Å²) in [6, 6.07) is 10.8. The Balaban J connectivity index is 0.000000635. The van der Waals surface area contributed by atoms with Gasteiger partial charge in [-0.25, -0.2) is 9.59 Å². The molecule has 0 aliphatic heterocycles. The van der Waals surface area contributed by atoms with Crippen LogP contribution in [-0.2, 0) is 9.47 Å². The fraction of sp³-hybridized carbons (Fsp3) is 0.533. The molecule has 2 aromatic carbocycles. The van der Waals surface area contributed by atoms with Crippen LogP contribution in [0.15, 0.2) is 42.5 Å². The van der Waals surface area contributed by atoms with E-state index in [0.717, 1.165) is 25.7 Å². The molecule has 0 saturated carbocycles. The molecule has 0 amide bonds. The van der Waals surface area contributed by atoms with Gasteiger partial charge in [-0.05, 0) is 37.1 Å². The van der Waals surface area contributed by atoms with Crippen molar-refractivity contribution in [3.8, 4) is 17.2 Å². The van der Waals surface area contributed by atoms with Gasteiger partial charge in [0.15, 0.2) is 17.2 Å². The maximum atomic E-state index is 12.4. The number of carbonyl (C=O) groups excluding carboxylic acids is 2. The lowest BCUT2D eigenvalue weighted by molar-refractivity contribution is 0.0450. The van der Waals surface area contributed by atoms with Crippen LogP contribution in [0.4, 0.5) is 0 Å². The second-order valence-corrected chi connectivity index (χ2v) is 9.00. The van der Waals surface area contributed by atoms with Crippen LogP contribution in [0.5, 0.6) is 17.2 Å². The fourth-order valence-electron chi connectivity index (χ4n) is 3.61. The molecule has 0 aromatic heterocycles. The van der Waals surface area contributed by atoms with Crippen molar-refractivity contribution in [1.29, 1.82) is 0 Å². The maximum absolute atomic E-state index is 12.4. The Hall–Kier alpha value is -3.22. The minimum atomic E-state index is -0.475. The highest BCUT2D eigenvalue weighted by molar-refractivity contribution is 6.03. The first-order chi connectivity index (χ1) is 17.9. The lowest BCUT2D eigenvalue weighted by atomic mass is 10.1. The second kappa shape index (κ2) is 19.9. The quantitative estimate of drug-likeness (QED) is 0.120. The average molecular weight is 517 g/mol. The SMILES string of the molecule is CCCCCCCCOC(=O)c1ccccc1C(=O)OCCCCCCCC.Oc1cccc(O)c1O. The van der Waals surface area contributed by atoms with Gasteiger partial charge in [-0.1, -0.05) is 96.3 Å². The van der Waals surface area contributed by atoms with Gasteiger partial charge in [-0.3, -0.25) is 0 Å². The van der Waals surface area contributed by atoms with Gasteiger partial charge in [0.1, 0.15) is 0 Å². The van der Waals surface area contributed by atoms with Crippen LogP contribution >= 0.6 is 0 Å². The van der Waals surface area contributed by atoms with E-state index < -0.39 is 17.7 Å². The Morgan fingerprint density at radius 1 is 0.568 bits per heavy atom. The molecule has 7 heteroatoms. The number of para-hydroxylation sites is 1. The summed E-state index contributed by atoms with van der Waals surface area (Å²) in [7, 11) is 0. The van der Waals surface area contributed by atoms with Crippen molar-refractivity contribution >= 4 is 11.9 Å². The summed E-state index contributed by atoms with van der Waals surface area (Å²) in [6.45, 7) is 5.17. The highest BCUT2D eigenvalue weighted by Crippen LogP contribution is 2.32. The van der Waals surface area contributed by atoms with Crippen molar-refractivity contribution in [1.82, 2.24) is 0 Å². The van der Waals surface area contributed by atoms with Gasteiger partial charge in [-0.15, -0.1) is 0 Å². The van der Waals surface area contributed by atoms with Crippen LogP contribution in [0.1, 0.15) is 112 Å². The van der Waals surface area contributed by atoms with Crippen LogP contribution < -0.4 is 0 Å². The molecule has 0 atom stereocenters. The van der Waals surface area contributed by atoms with Gasteiger partial charge in [-0.2, -0.15) is 0 Å². The van der Waals surface area contributed by atoms with Gasteiger partial charge in [0.2, 0.25) is 0 Å². The number of phenolic OH excluding ortho intramolecular Hbond substituents is 3. The van der Waals surface area contributed by atoms with E-state index in [1.807, 2.05) is 0 Å². The number of hydrogen-bond donors (Lipinski definition) is 3. The number of unbranched alkanes of at least 4 members (excludes halogenated alkanes) is 10. The van der Waals surface area contributed by atoms with E-state index in [4.69, 9.17) is 24.8 Å². The van der Waals surface area contributed by atoms with E-state index in [9.17, 15) is 9.59 Å². The molecule has 0 heterocycles. The zero-order valence-corrected chi connectivity index (χ0v) is 22.4. The summed E-state index contributed by atoms with van der Waals surface area (Å²) in [5.74, 6) is -1.98. The van der Waals surface area contributed by atoms with Gasteiger partial charge in [0.05, 0.1) is 24.3 Å². The Morgan fingerprint density at radius 3 is 1.32 bits per heavy atom. The van der Waals surface area contributed by atoms with Crippen LogP contribution in [-0.4, -0.2) is 40.5 Å². The molecule has 0 radical (unpaired) electrons. The van der Waals surface area contributed by atoms with Gasteiger partial charge in [0.25, 0.3) is 0 Å². The van der Waals surface area contributed by atoms with E-state index in [2.05, 4.69) is 13.8 Å². The Labute approximate surface area is 221 Å². The van der Waals surface area contributed by atoms with Crippen molar-refractivity contribution in [2.75, 3.05) is 13.2 Å². The van der Waals surface area contributed by atoms with Gasteiger partial charge < -0.3 is 24.8 Å². The molecule has 0 aliphatic rings. The van der Waals surface area contributed by atoms with Crippen molar-refractivity contribution in [2.45, 2.75) is 90.9 Å². The monoisotopic (exact) mass is 516 g/mol. The molecule has 2 aromatic rings. The molecule has 0 saturated heterocycles. The number of aromatic hydroxyl groups is 3. The molecule has 206 valence electrons. The van der Waals surface area contributed by atoms with E-state index in [0.29, 0.717) is 24.3 Å². The highest BCUT2D eigenvalue weighted by atomic mass is 16.5. The summed E-state index contributed by atoms with van der Waals surface area (Å²) in [5, 5.41) is 26.1.